The van der Waals surface area contributed by atoms with Gasteiger partial charge >= 0.3 is 0 Å². The second kappa shape index (κ2) is 8.64. The monoisotopic (exact) mass is 395 g/mol. The van der Waals surface area contributed by atoms with Crippen molar-refractivity contribution in [3.8, 4) is 28.3 Å². The standard InChI is InChI=1S/C24H21N5O/c1-16(15-27-29-25)17-8-10-19(11-9-17)23-20(18-6-4-3-5-7-18)14-21-22(28-23)12-13-26-24(21)30-2/h3-14,16H,15H2,1-2H3. The lowest BCUT2D eigenvalue weighted by atomic mass is 9.95. The quantitative estimate of drug-likeness (QED) is 0.215. The molecule has 1 unspecified atom stereocenters. The molecular formula is C24H21N5O. The van der Waals surface area contributed by atoms with Crippen LogP contribution in [0.2, 0.25) is 0 Å². The summed E-state index contributed by atoms with van der Waals surface area (Å²) in [5.41, 5.74) is 14.5. The minimum atomic E-state index is 0.156. The first-order valence-corrected chi connectivity index (χ1v) is 9.71. The van der Waals surface area contributed by atoms with Gasteiger partial charge in [-0.3, -0.25) is 0 Å². The van der Waals surface area contributed by atoms with Gasteiger partial charge in [-0.15, -0.1) is 0 Å². The van der Waals surface area contributed by atoms with Crippen LogP contribution < -0.4 is 4.74 Å². The number of ether oxygens (including phenoxy) is 1. The Morgan fingerprint density at radius 1 is 1.03 bits per heavy atom. The van der Waals surface area contributed by atoms with Crippen LogP contribution in [0.4, 0.5) is 0 Å². The van der Waals surface area contributed by atoms with Crippen molar-refractivity contribution in [2.45, 2.75) is 12.8 Å². The number of fused-ring (bicyclic) bond motifs is 1. The summed E-state index contributed by atoms with van der Waals surface area (Å²) in [6.07, 6.45) is 1.71. The largest absolute Gasteiger partial charge is 0.481 e. The van der Waals surface area contributed by atoms with E-state index in [9.17, 15) is 0 Å². The minimum Gasteiger partial charge on any atom is -0.481 e. The first-order valence-electron chi connectivity index (χ1n) is 9.71. The Hall–Kier alpha value is -3.89. The van der Waals surface area contributed by atoms with Crippen LogP contribution in [0, 0.1) is 0 Å². The van der Waals surface area contributed by atoms with Crippen LogP contribution in [0.3, 0.4) is 0 Å². The number of nitrogens with zero attached hydrogens (tertiary/aromatic N) is 5. The number of aromatic nitrogens is 2. The Balaban J connectivity index is 1.86. The van der Waals surface area contributed by atoms with Gasteiger partial charge < -0.3 is 4.74 Å². The molecule has 6 nitrogen and oxygen atoms in total. The van der Waals surface area contributed by atoms with E-state index in [1.165, 1.54) is 0 Å². The number of hydrogen-bond acceptors (Lipinski definition) is 4. The molecule has 0 N–H and O–H groups in total. The molecule has 2 aromatic heterocycles. The van der Waals surface area contributed by atoms with E-state index in [1.807, 2.05) is 31.2 Å². The summed E-state index contributed by atoms with van der Waals surface area (Å²) in [4.78, 5) is 12.1. The van der Waals surface area contributed by atoms with E-state index < -0.39 is 0 Å². The van der Waals surface area contributed by atoms with E-state index in [-0.39, 0.29) is 5.92 Å². The van der Waals surface area contributed by atoms with Crippen molar-refractivity contribution >= 4 is 10.9 Å². The summed E-state index contributed by atoms with van der Waals surface area (Å²) in [7, 11) is 1.62. The molecule has 0 spiro atoms. The lowest BCUT2D eigenvalue weighted by molar-refractivity contribution is 0.403. The lowest BCUT2D eigenvalue weighted by Gasteiger charge is -2.14. The van der Waals surface area contributed by atoms with Gasteiger partial charge in [-0.2, -0.15) is 0 Å². The third-order valence-corrected chi connectivity index (χ3v) is 5.16. The third kappa shape index (κ3) is 3.81. The highest BCUT2D eigenvalue weighted by Crippen LogP contribution is 2.35. The van der Waals surface area contributed by atoms with Crippen molar-refractivity contribution in [3.05, 3.63) is 88.9 Å². The van der Waals surface area contributed by atoms with E-state index in [2.05, 4.69) is 57.5 Å². The fraction of sp³-hybridized carbons (Fsp3) is 0.167. The van der Waals surface area contributed by atoms with Crippen molar-refractivity contribution in [2.75, 3.05) is 13.7 Å². The zero-order chi connectivity index (χ0) is 20.9. The lowest BCUT2D eigenvalue weighted by Crippen LogP contribution is -1.98. The predicted molar refractivity (Wildman–Crippen MR) is 119 cm³/mol. The molecule has 0 aliphatic carbocycles. The van der Waals surface area contributed by atoms with Crippen LogP contribution in [0.5, 0.6) is 5.88 Å². The highest BCUT2D eigenvalue weighted by atomic mass is 16.5. The van der Waals surface area contributed by atoms with Crippen LogP contribution in [-0.4, -0.2) is 23.6 Å². The fourth-order valence-corrected chi connectivity index (χ4v) is 3.53. The summed E-state index contributed by atoms with van der Waals surface area (Å²) in [5.74, 6) is 0.717. The van der Waals surface area contributed by atoms with Crippen molar-refractivity contribution in [1.29, 1.82) is 0 Å². The first-order chi connectivity index (χ1) is 14.7. The molecule has 148 valence electrons. The number of methoxy groups -OCH3 is 1. The Kier molecular flexibility index (Phi) is 5.59. The molecule has 1 atom stereocenters. The summed E-state index contributed by atoms with van der Waals surface area (Å²) in [6, 6.07) is 22.5. The van der Waals surface area contributed by atoms with E-state index in [0.29, 0.717) is 12.4 Å². The summed E-state index contributed by atoms with van der Waals surface area (Å²) in [5, 5.41) is 4.56. The number of azide groups is 1. The Bertz CT molecular complexity index is 1220. The smallest absolute Gasteiger partial charge is 0.222 e. The zero-order valence-electron chi connectivity index (χ0n) is 16.9. The molecule has 2 aromatic carbocycles. The summed E-state index contributed by atoms with van der Waals surface area (Å²) in [6.45, 7) is 2.48. The predicted octanol–water partition coefficient (Wildman–Crippen LogP) is 6.39. The molecule has 6 heteroatoms. The van der Waals surface area contributed by atoms with Gasteiger partial charge in [-0.25, -0.2) is 9.97 Å². The molecule has 4 aromatic rings. The average Bonchev–Trinajstić information content (AvgIpc) is 2.82. The number of rotatable bonds is 6. The van der Waals surface area contributed by atoms with Gasteiger partial charge in [-0.05, 0) is 34.7 Å². The Labute approximate surface area is 174 Å². The normalized spacial score (nSPS) is 11.7. The molecule has 0 aliphatic heterocycles. The first kappa shape index (κ1) is 19.4. The van der Waals surface area contributed by atoms with E-state index in [0.717, 1.165) is 38.9 Å². The van der Waals surface area contributed by atoms with Crippen molar-refractivity contribution in [3.63, 3.8) is 0 Å². The fourth-order valence-electron chi connectivity index (χ4n) is 3.53. The maximum absolute atomic E-state index is 8.55. The second-order valence-corrected chi connectivity index (χ2v) is 7.07. The van der Waals surface area contributed by atoms with Crippen LogP contribution in [0.1, 0.15) is 18.4 Å². The van der Waals surface area contributed by atoms with Gasteiger partial charge in [-0.1, -0.05) is 66.6 Å². The maximum atomic E-state index is 8.55. The van der Waals surface area contributed by atoms with Crippen LogP contribution >= 0.6 is 0 Å². The van der Waals surface area contributed by atoms with Gasteiger partial charge in [0.15, 0.2) is 0 Å². The van der Waals surface area contributed by atoms with Crippen LogP contribution in [0.25, 0.3) is 43.7 Å². The second-order valence-electron chi connectivity index (χ2n) is 7.07. The maximum Gasteiger partial charge on any atom is 0.222 e. The zero-order valence-corrected chi connectivity index (χ0v) is 16.9. The molecule has 2 heterocycles. The molecule has 0 radical (unpaired) electrons. The average molecular weight is 395 g/mol. The number of hydrogen-bond donors (Lipinski definition) is 0. The van der Waals surface area contributed by atoms with Crippen LogP contribution in [-0.2, 0) is 0 Å². The minimum absolute atomic E-state index is 0.156. The van der Waals surface area contributed by atoms with Crippen molar-refractivity contribution in [2.24, 2.45) is 5.11 Å². The molecule has 0 fully saturated rings. The molecule has 0 aliphatic rings. The van der Waals surface area contributed by atoms with Gasteiger partial charge in [0.2, 0.25) is 5.88 Å². The Morgan fingerprint density at radius 2 is 1.80 bits per heavy atom. The van der Waals surface area contributed by atoms with E-state index in [4.69, 9.17) is 15.3 Å². The van der Waals surface area contributed by atoms with E-state index in [1.54, 1.807) is 13.3 Å². The van der Waals surface area contributed by atoms with Gasteiger partial charge in [0, 0.05) is 28.8 Å². The summed E-state index contributed by atoms with van der Waals surface area (Å²) >= 11 is 0. The van der Waals surface area contributed by atoms with Crippen molar-refractivity contribution in [1.82, 2.24) is 9.97 Å². The molecule has 0 saturated heterocycles. The SMILES string of the molecule is COc1nccc2nc(-c3ccc(C(C)CN=[N+]=[N-])cc3)c(-c3ccccc3)cc12. The molecule has 30 heavy (non-hydrogen) atoms. The highest BCUT2D eigenvalue weighted by molar-refractivity contribution is 5.93. The van der Waals surface area contributed by atoms with Gasteiger partial charge in [0.25, 0.3) is 0 Å². The van der Waals surface area contributed by atoms with E-state index >= 15 is 0 Å². The van der Waals surface area contributed by atoms with Crippen LogP contribution in [0.15, 0.2) is 78.0 Å². The summed E-state index contributed by atoms with van der Waals surface area (Å²) < 4.78 is 5.45. The molecule has 0 saturated carbocycles. The van der Waals surface area contributed by atoms with Gasteiger partial charge in [0.1, 0.15) is 0 Å². The van der Waals surface area contributed by atoms with Crippen molar-refractivity contribution < 1.29 is 4.74 Å². The van der Waals surface area contributed by atoms with Gasteiger partial charge in [0.05, 0.1) is 23.7 Å². The molecule has 4 rings (SSSR count). The topological polar surface area (TPSA) is 83.8 Å². The highest BCUT2D eigenvalue weighted by Gasteiger charge is 2.14. The molecular weight excluding hydrogens is 374 g/mol. The molecule has 0 bridgehead atoms. The Morgan fingerprint density at radius 3 is 2.50 bits per heavy atom. The number of benzene rings is 2. The number of pyridine rings is 2. The molecule has 0 amide bonds. The third-order valence-electron chi connectivity index (χ3n) is 5.16.